The Hall–Kier alpha value is -1.46. The fourth-order valence-corrected chi connectivity index (χ4v) is 4.75. The standard InChI is InChI=1S/C17H17ClF2O2S/c1-3-11(2)17(15-10-13(19)6-9-16(15)20)23(21,22)14-7-4-12(18)5-8-14/h4-11,17H,3H2,1-2H3. The van der Waals surface area contributed by atoms with Gasteiger partial charge in [-0.05, 0) is 48.4 Å². The molecule has 0 saturated heterocycles. The smallest absolute Gasteiger partial charge is 0.185 e. The molecule has 2 nitrogen and oxygen atoms in total. The van der Waals surface area contributed by atoms with Gasteiger partial charge in [0.2, 0.25) is 0 Å². The second kappa shape index (κ2) is 6.97. The quantitative estimate of drug-likeness (QED) is 0.738. The van der Waals surface area contributed by atoms with E-state index in [2.05, 4.69) is 0 Å². The van der Waals surface area contributed by atoms with Crippen molar-refractivity contribution in [2.45, 2.75) is 30.4 Å². The molecule has 0 aliphatic heterocycles. The highest BCUT2D eigenvalue weighted by atomic mass is 35.5. The van der Waals surface area contributed by atoms with Gasteiger partial charge in [0, 0.05) is 10.6 Å². The van der Waals surface area contributed by atoms with Crippen molar-refractivity contribution in [1.82, 2.24) is 0 Å². The van der Waals surface area contributed by atoms with E-state index >= 15 is 0 Å². The fourth-order valence-electron chi connectivity index (χ4n) is 2.50. The number of hydrogen-bond acceptors (Lipinski definition) is 2. The van der Waals surface area contributed by atoms with Crippen molar-refractivity contribution < 1.29 is 17.2 Å². The van der Waals surface area contributed by atoms with Crippen LogP contribution in [0.1, 0.15) is 31.1 Å². The summed E-state index contributed by atoms with van der Waals surface area (Å²) < 4.78 is 53.7. The van der Waals surface area contributed by atoms with Crippen LogP contribution in [0.25, 0.3) is 0 Å². The number of halogens is 3. The Bertz CT molecular complexity index is 789. The van der Waals surface area contributed by atoms with E-state index in [9.17, 15) is 17.2 Å². The number of sulfone groups is 1. The Morgan fingerprint density at radius 3 is 2.26 bits per heavy atom. The summed E-state index contributed by atoms with van der Waals surface area (Å²) in [5.74, 6) is -1.78. The summed E-state index contributed by atoms with van der Waals surface area (Å²) in [5, 5.41) is -0.759. The highest BCUT2D eigenvalue weighted by molar-refractivity contribution is 7.91. The minimum atomic E-state index is -3.89. The Morgan fingerprint density at radius 1 is 1.09 bits per heavy atom. The van der Waals surface area contributed by atoms with Crippen LogP contribution >= 0.6 is 11.6 Å². The zero-order valence-corrected chi connectivity index (χ0v) is 14.3. The molecule has 0 spiro atoms. The maximum Gasteiger partial charge on any atom is 0.185 e. The number of rotatable bonds is 5. The molecule has 2 unspecified atom stereocenters. The molecule has 124 valence electrons. The van der Waals surface area contributed by atoms with Crippen molar-refractivity contribution in [3.8, 4) is 0 Å². The predicted octanol–water partition coefficient (Wildman–Crippen LogP) is 5.18. The Balaban J connectivity index is 2.63. The molecule has 0 amide bonds. The number of hydrogen-bond donors (Lipinski definition) is 0. The van der Waals surface area contributed by atoms with Crippen molar-refractivity contribution in [2.24, 2.45) is 5.92 Å². The van der Waals surface area contributed by atoms with Gasteiger partial charge in [0.15, 0.2) is 9.84 Å². The van der Waals surface area contributed by atoms with E-state index in [0.29, 0.717) is 11.4 Å². The highest BCUT2D eigenvalue weighted by Gasteiger charge is 2.35. The van der Waals surface area contributed by atoms with Gasteiger partial charge in [-0.15, -0.1) is 0 Å². The molecule has 6 heteroatoms. The first kappa shape index (κ1) is 17.9. The van der Waals surface area contributed by atoms with E-state index < -0.39 is 26.7 Å². The van der Waals surface area contributed by atoms with Gasteiger partial charge in [-0.25, -0.2) is 17.2 Å². The maximum absolute atomic E-state index is 14.2. The van der Waals surface area contributed by atoms with Crippen LogP contribution in [0, 0.1) is 17.6 Å². The van der Waals surface area contributed by atoms with Crippen LogP contribution in [0.2, 0.25) is 5.02 Å². The van der Waals surface area contributed by atoms with Crippen LogP contribution in [0.4, 0.5) is 8.78 Å². The van der Waals surface area contributed by atoms with Crippen LogP contribution in [0.3, 0.4) is 0 Å². The molecule has 0 aliphatic rings. The van der Waals surface area contributed by atoms with Gasteiger partial charge in [-0.1, -0.05) is 31.9 Å². The Kier molecular flexibility index (Phi) is 5.42. The Morgan fingerprint density at radius 2 is 1.70 bits per heavy atom. The molecular weight excluding hydrogens is 342 g/mol. The van der Waals surface area contributed by atoms with Crippen LogP contribution in [0.5, 0.6) is 0 Å². The summed E-state index contributed by atoms with van der Waals surface area (Å²) in [6.07, 6.45) is 0.507. The molecule has 2 rings (SSSR count). The van der Waals surface area contributed by atoms with Crippen molar-refractivity contribution in [2.75, 3.05) is 0 Å². The minimum Gasteiger partial charge on any atom is -0.223 e. The highest BCUT2D eigenvalue weighted by Crippen LogP contribution is 2.38. The van der Waals surface area contributed by atoms with Crippen molar-refractivity contribution >= 4 is 21.4 Å². The monoisotopic (exact) mass is 358 g/mol. The van der Waals surface area contributed by atoms with Gasteiger partial charge in [0.1, 0.15) is 11.6 Å². The summed E-state index contributed by atoms with van der Waals surface area (Å²) in [6.45, 7) is 3.52. The zero-order valence-electron chi connectivity index (χ0n) is 12.8. The van der Waals surface area contributed by atoms with Gasteiger partial charge in [-0.2, -0.15) is 0 Å². The summed E-state index contributed by atoms with van der Waals surface area (Å²) >= 11 is 5.79. The average Bonchev–Trinajstić information content (AvgIpc) is 2.51. The molecule has 0 aromatic heterocycles. The molecule has 2 aromatic rings. The van der Waals surface area contributed by atoms with E-state index in [1.165, 1.54) is 24.3 Å². The fraction of sp³-hybridized carbons (Fsp3) is 0.294. The molecule has 0 heterocycles. The predicted molar refractivity (Wildman–Crippen MR) is 87.2 cm³/mol. The lowest BCUT2D eigenvalue weighted by Gasteiger charge is -2.24. The molecule has 0 bridgehead atoms. The third-order valence-electron chi connectivity index (χ3n) is 3.90. The van der Waals surface area contributed by atoms with Gasteiger partial charge >= 0.3 is 0 Å². The first-order chi connectivity index (χ1) is 10.8. The third kappa shape index (κ3) is 3.72. The van der Waals surface area contributed by atoms with Gasteiger partial charge < -0.3 is 0 Å². The Labute approximate surface area is 140 Å². The van der Waals surface area contributed by atoms with Crippen LogP contribution in [-0.2, 0) is 9.84 Å². The molecule has 2 aromatic carbocycles. The summed E-state index contributed by atoms with van der Waals surface area (Å²) in [4.78, 5) is 0.0378. The van der Waals surface area contributed by atoms with Gasteiger partial charge in [0.25, 0.3) is 0 Å². The lowest BCUT2D eigenvalue weighted by Crippen LogP contribution is -2.22. The van der Waals surface area contributed by atoms with Crippen LogP contribution < -0.4 is 0 Å². The average molecular weight is 359 g/mol. The van der Waals surface area contributed by atoms with Crippen LogP contribution in [-0.4, -0.2) is 8.42 Å². The summed E-state index contributed by atoms with van der Waals surface area (Å²) in [7, 11) is -3.89. The molecule has 0 radical (unpaired) electrons. The number of benzene rings is 2. The van der Waals surface area contributed by atoms with E-state index in [4.69, 9.17) is 11.6 Å². The van der Waals surface area contributed by atoms with E-state index in [1.54, 1.807) is 6.92 Å². The zero-order chi connectivity index (χ0) is 17.2. The SMILES string of the molecule is CCC(C)C(c1cc(F)ccc1F)S(=O)(=O)c1ccc(Cl)cc1. The largest absolute Gasteiger partial charge is 0.223 e. The van der Waals surface area contributed by atoms with Crippen molar-refractivity contribution in [3.63, 3.8) is 0 Å². The molecule has 0 fully saturated rings. The van der Waals surface area contributed by atoms with E-state index in [1.807, 2.05) is 6.92 Å². The lowest BCUT2D eigenvalue weighted by molar-refractivity contribution is 0.482. The minimum absolute atomic E-state index is 0.0378. The second-order valence-corrected chi connectivity index (χ2v) is 7.98. The first-order valence-electron chi connectivity index (χ1n) is 7.21. The van der Waals surface area contributed by atoms with E-state index in [0.717, 1.165) is 18.2 Å². The first-order valence-corrected chi connectivity index (χ1v) is 9.14. The van der Waals surface area contributed by atoms with Crippen LogP contribution in [0.15, 0.2) is 47.4 Å². The van der Waals surface area contributed by atoms with Crippen molar-refractivity contribution in [1.29, 1.82) is 0 Å². The van der Waals surface area contributed by atoms with E-state index in [-0.39, 0.29) is 16.4 Å². The molecule has 0 N–H and O–H groups in total. The molecule has 2 atom stereocenters. The summed E-state index contributed by atoms with van der Waals surface area (Å²) in [5.41, 5.74) is -0.144. The third-order valence-corrected chi connectivity index (χ3v) is 6.47. The molecular formula is C17H17ClF2O2S. The molecule has 23 heavy (non-hydrogen) atoms. The molecule has 0 aliphatic carbocycles. The topological polar surface area (TPSA) is 34.1 Å². The lowest BCUT2D eigenvalue weighted by atomic mass is 9.97. The summed E-state index contributed by atoms with van der Waals surface area (Å²) in [6, 6.07) is 8.57. The van der Waals surface area contributed by atoms with Crippen molar-refractivity contribution in [3.05, 3.63) is 64.7 Å². The maximum atomic E-state index is 14.2. The second-order valence-electron chi connectivity index (χ2n) is 5.47. The van der Waals surface area contributed by atoms with Gasteiger partial charge in [0.05, 0.1) is 10.1 Å². The molecule has 0 saturated carbocycles. The van der Waals surface area contributed by atoms with Gasteiger partial charge in [-0.3, -0.25) is 0 Å². The normalized spacial score (nSPS) is 14.5.